The van der Waals surface area contributed by atoms with Crippen LogP contribution in [0.15, 0.2) is 53.4 Å². The second-order valence-corrected chi connectivity index (χ2v) is 6.89. The van der Waals surface area contributed by atoms with Crippen LogP contribution < -0.4 is 4.90 Å². The Labute approximate surface area is 129 Å². The van der Waals surface area contributed by atoms with Crippen molar-refractivity contribution in [3.05, 3.63) is 59.7 Å². The molecule has 21 heavy (non-hydrogen) atoms. The van der Waals surface area contributed by atoms with E-state index in [1.807, 2.05) is 11.0 Å². The number of thioether (sulfide) groups is 1. The smallest absolute Gasteiger partial charge is 0.240 e. The van der Waals surface area contributed by atoms with Gasteiger partial charge in [0.2, 0.25) is 5.91 Å². The number of amides is 1. The van der Waals surface area contributed by atoms with Crippen molar-refractivity contribution >= 4 is 23.4 Å². The standard InChI is InChI=1S/C18H17NOS/c20-18(17-12-14-7-2-4-10-16(14)21-17)19-11-5-8-13-6-1-3-9-15(13)19/h1-4,6-7,9-10,17H,5,8,11-12H2. The van der Waals surface area contributed by atoms with Crippen LogP contribution in [0, 0.1) is 0 Å². The highest BCUT2D eigenvalue weighted by molar-refractivity contribution is 8.01. The fraction of sp³-hybridized carbons (Fsp3) is 0.278. The van der Waals surface area contributed by atoms with Crippen LogP contribution in [0.1, 0.15) is 17.5 Å². The maximum absolute atomic E-state index is 12.9. The second kappa shape index (κ2) is 5.23. The molecule has 0 radical (unpaired) electrons. The first kappa shape index (κ1) is 13.0. The summed E-state index contributed by atoms with van der Waals surface area (Å²) in [6.07, 6.45) is 3.00. The molecule has 2 nitrogen and oxygen atoms in total. The summed E-state index contributed by atoms with van der Waals surface area (Å²) in [5.41, 5.74) is 3.73. The van der Waals surface area contributed by atoms with E-state index in [0.29, 0.717) is 0 Å². The Morgan fingerprint density at radius 3 is 2.67 bits per heavy atom. The first-order valence-corrected chi connectivity index (χ1v) is 8.35. The predicted molar refractivity (Wildman–Crippen MR) is 86.9 cm³/mol. The van der Waals surface area contributed by atoms with Gasteiger partial charge in [-0.1, -0.05) is 36.4 Å². The monoisotopic (exact) mass is 295 g/mol. The molecular formula is C18H17NOS. The van der Waals surface area contributed by atoms with Crippen molar-refractivity contribution in [2.75, 3.05) is 11.4 Å². The zero-order valence-corrected chi connectivity index (χ0v) is 12.6. The van der Waals surface area contributed by atoms with Gasteiger partial charge in [0, 0.05) is 17.1 Å². The van der Waals surface area contributed by atoms with E-state index >= 15 is 0 Å². The molecule has 1 atom stereocenters. The van der Waals surface area contributed by atoms with Crippen molar-refractivity contribution in [2.45, 2.75) is 29.4 Å². The van der Waals surface area contributed by atoms with Crippen LogP contribution in [0.2, 0.25) is 0 Å². The summed E-state index contributed by atoms with van der Waals surface area (Å²) in [5, 5.41) is 0.0357. The van der Waals surface area contributed by atoms with Crippen LogP contribution >= 0.6 is 11.8 Å². The normalized spacial score (nSPS) is 20.0. The first-order valence-electron chi connectivity index (χ1n) is 7.47. The van der Waals surface area contributed by atoms with Gasteiger partial charge in [-0.2, -0.15) is 0 Å². The number of benzene rings is 2. The minimum absolute atomic E-state index is 0.0357. The molecule has 2 aromatic carbocycles. The van der Waals surface area contributed by atoms with Gasteiger partial charge in [0.05, 0.1) is 5.25 Å². The fourth-order valence-electron chi connectivity index (χ4n) is 3.26. The van der Waals surface area contributed by atoms with Gasteiger partial charge in [-0.3, -0.25) is 4.79 Å². The number of hydrogen-bond donors (Lipinski definition) is 0. The lowest BCUT2D eigenvalue weighted by Gasteiger charge is -2.31. The van der Waals surface area contributed by atoms with Gasteiger partial charge < -0.3 is 4.90 Å². The number of carbonyl (C=O) groups excluding carboxylic acids is 1. The minimum atomic E-state index is 0.0357. The van der Waals surface area contributed by atoms with Crippen LogP contribution in [-0.4, -0.2) is 17.7 Å². The van der Waals surface area contributed by atoms with Gasteiger partial charge in [0.25, 0.3) is 0 Å². The summed E-state index contributed by atoms with van der Waals surface area (Å²) in [6, 6.07) is 16.7. The molecule has 0 saturated heterocycles. The number of carbonyl (C=O) groups is 1. The van der Waals surface area contributed by atoms with Gasteiger partial charge >= 0.3 is 0 Å². The molecule has 3 heteroatoms. The van der Waals surface area contributed by atoms with Crippen molar-refractivity contribution in [1.29, 1.82) is 0 Å². The van der Waals surface area contributed by atoms with Crippen LogP contribution in [0.4, 0.5) is 5.69 Å². The summed E-state index contributed by atoms with van der Waals surface area (Å²) in [4.78, 5) is 16.2. The minimum Gasteiger partial charge on any atom is -0.311 e. The lowest BCUT2D eigenvalue weighted by Crippen LogP contribution is -2.40. The number of aryl methyl sites for hydroxylation is 1. The lowest BCUT2D eigenvalue weighted by atomic mass is 10.0. The van der Waals surface area contributed by atoms with Crippen molar-refractivity contribution in [2.24, 2.45) is 0 Å². The maximum Gasteiger partial charge on any atom is 0.240 e. The largest absolute Gasteiger partial charge is 0.311 e. The zero-order valence-electron chi connectivity index (χ0n) is 11.8. The van der Waals surface area contributed by atoms with Gasteiger partial charge in [0.15, 0.2) is 0 Å². The number of fused-ring (bicyclic) bond motifs is 2. The van der Waals surface area contributed by atoms with E-state index in [4.69, 9.17) is 0 Å². The van der Waals surface area contributed by atoms with E-state index in [0.717, 1.165) is 31.5 Å². The predicted octanol–water partition coefficient (Wildman–Crippen LogP) is 3.68. The molecule has 1 unspecified atom stereocenters. The summed E-state index contributed by atoms with van der Waals surface area (Å²) >= 11 is 1.72. The van der Waals surface area contributed by atoms with Crippen molar-refractivity contribution < 1.29 is 4.79 Å². The SMILES string of the molecule is O=C(C1Cc2ccccc2S1)N1CCCc2ccccc21. The number of para-hydroxylation sites is 1. The Kier molecular flexibility index (Phi) is 3.23. The number of hydrogen-bond acceptors (Lipinski definition) is 2. The Hall–Kier alpha value is -1.74. The number of nitrogens with zero attached hydrogens (tertiary/aromatic N) is 1. The van der Waals surface area contributed by atoms with E-state index in [1.165, 1.54) is 16.0 Å². The molecule has 2 aliphatic heterocycles. The highest BCUT2D eigenvalue weighted by Gasteiger charge is 2.33. The zero-order chi connectivity index (χ0) is 14.2. The van der Waals surface area contributed by atoms with E-state index in [-0.39, 0.29) is 11.2 Å². The maximum atomic E-state index is 12.9. The highest BCUT2D eigenvalue weighted by Crippen LogP contribution is 2.39. The fourth-order valence-corrected chi connectivity index (χ4v) is 4.51. The Morgan fingerprint density at radius 1 is 1.05 bits per heavy atom. The topological polar surface area (TPSA) is 20.3 Å². The van der Waals surface area contributed by atoms with E-state index in [2.05, 4.69) is 42.5 Å². The number of anilines is 1. The quantitative estimate of drug-likeness (QED) is 0.800. The van der Waals surface area contributed by atoms with Gasteiger partial charge in [-0.25, -0.2) is 0 Å². The first-order chi connectivity index (χ1) is 10.3. The molecule has 2 aromatic rings. The molecule has 2 heterocycles. The van der Waals surface area contributed by atoms with E-state index < -0.39 is 0 Å². The Bertz CT molecular complexity index is 672. The van der Waals surface area contributed by atoms with Crippen LogP contribution in [-0.2, 0) is 17.6 Å². The third-order valence-corrected chi connectivity index (χ3v) is 5.60. The van der Waals surface area contributed by atoms with E-state index in [1.54, 1.807) is 11.8 Å². The summed E-state index contributed by atoms with van der Waals surface area (Å²) in [5.74, 6) is 0.267. The highest BCUT2D eigenvalue weighted by atomic mass is 32.2. The average molecular weight is 295 g/mol. The third-order valence-electron chi connectivity index (χ3n) is 4.30. The van der Waals surface area contributed by atoms with E-state index in [9.17, 15) is 4.79 Å². The molecule has 0 fully saturated rings. The van der Waals surface area contributed by atoms with Gasteiger partial charge in [-0.05, 0) is 42.5 Å². The van der Waals surface area contributed by atoms with Crippen LogP contribution in [0.3, 0.4) is 0 Å². The molecule has 0 saturated carbocycles. The average Bonchev–Trinajstić information content (AvgIpc) is 2.97. The van der Waals surface area contributed by atoms with Crippen molar-refractivity contribution in [3.63, 3.8) is 0 Å². The van der Waals surface area contributed by atoms with Crippen LogP contribution in [0.25, 0.3) is 0 Å². The molecule has 1 amide bonds. The van der Waals surface area contributed by atoms with Gasteiger partial charge in [0.1, 0.15) is 0 Å². The molecule has 0 aliphatic carbocycles. The Balaban J connectivity index is 1.60. The summed E-state index contributed by atoms with van der Waals surface area (Å²) in [7, 11) is 0. The molecule has 4 rings (SSSR count). The Morgan fingerprint density at radius 2 is 1.81 bits per heavy atom. The second-order valence-electron chi connectivity index (χ2n) is 5.64. The van der Waals surface area contributed by atoms with Gasteiger partial charge in [-0.15, -0.1) is 11.8 Å². The third kappa shape index (κ3) is 2.26. The summed E-state index contributed by atoms with van der Waals surface area (Å²) in [6.45, 7) is 0.850. The van der Waals surface area contributed by atoms with Crippen molar-refractivity contribution in [3.8, 4) is 0 Å². The van der Waals surface area contributed by atoms with Crippen LogP contribution in [0.5, 0.6) is 0 Å². The molecule has 106 valence electrons. The number of rotatable bonds is 1. The lowest BCUT2D eigenvalue weighted by molar-refractivity contribution is -0.118. The molecule has 0 aromatic heterocycles. The van der Waals surface area contributed by atoms with Crippen molar-refractivity contribution in [1.82, 2.24) is 0 Å². The molecule has 2 aliphatic rings. The summed E-state index contributed by atoms with van der Waals surface area (Å²) < 4.78 is 0. The molecule has 0 spiro atoms. The molecule has 0 N–H and O–H groups in total. The molecular weight excluding hydrogens is 278 g/mol. The molecule has 0 bridgehead atoms.